The fourth-order valence-electron chi connectivity index (χ4n) is 3.86. The van der Waals surface area contributed by atoms with Crippen LogP contribution < -0.4 is 4.74 Å². The van der Waals surface area contributed by atoms with Crippen molar-refractivity contribution in [2.75, 3.05) is 33.3 Å². The molecule has 0 N–H and O–H groups in total. The molecule has 0 saturated carbocycles. The Morgan fingerprint density at radius 3 is 2.43 bits per heavy atom. The Morgan fingerprint density at radius 2 is 1.70 bits per heavy atom. The summed E-state index contributed by atoms with van der Waals surface area (Å²) in [4.78, 5) is 29.7. The number of para-hydroxylation sites is 1. The lowest BCUT2D eigenvalue weighted by atomic mass is 10.1. The van der Waals surface area contributed by atoms with Crippen molar-refractivity contribution in [3.63, 3.8) is 0 Å². The molecule has 0 radical (unpaired) electrons. The monoisotopic (exact) mass is 470 g/mol. The first kappa shape index (κ1) is 20.5. The molecule has 0 aliphatic carbocycles. The molecule has 1 aliphatic heterocycles. The normalized spacial score (nSPS) is 14.6. The number of halogens is 1. The van der Waals surface area contributed by atoms with Gasteiger partial charge < -0.3 is 19.0 Å². The minimum atomic E-state index is -0.133. The first-order valence-electron chi connectivity index (χ1n) is 9.90. The van der Waals surface area contributed by atoms with Gasteiger partial charge in [0, 0.05) is 41.6 Å². The van der Waals surface area contributed by atoms with Crippen molar-refractivity contribution in [1.29, 1.82) is 0 Å². The van der Waals surface area contributed by atoms with Gasteiger partial charge in [-0.25, -0.2) is 0 Å². The number of rotatable bonds is 3. The Hall–Kier alpha value is -2.80. The Kier molecular flexibility index (Phi) is 5.81. The van der Waals surface area contributed by atoms with Crippen LogP contribution in [0.5, 0.6) is 5.75 Å². The van der Waals surface area contributed by atoms with Crippen LogP contribution >= 0.6 is 15.9 Å². The summed E-state index contributed by atoms with van der Waals surface area (Å²) in [5.41, 5.74) is 2.07. The van der Waals surface area contributed by atoms with Gasteiger partial charge in [0.1, 0.15) is 11.3 Å². The van der Waals surface area contributed by atoms with Gasteiger partial charge in [-0.15, -0.1) is 0 Å². The molecule has 1 aliphatic rings. The minimum absolute atomic E-state index is 0.0773. The van der Waals surface area contributed by atoms with Crippen molar-refractivity contribution >= 4 is 38.7 Å². The van der Waals surface area contributed by atoms with Gasteiger partial charge in [0.05, 0.1) is 12.7 Å². The number of aryl methyl sites for hydroxylation is 1. The molecule has 2 amide bonds. The van der Waals surface area contributed by atoms with E-state index in [1.807, 2.05) is 37.3 Å². The summed E-state index contributed by atoms with van der Waals surface area (Å²) in [6.45, 7) is 4.00. The van der Waals surface area contributed by atoms with Crippen molar-refractivity contribution in [3.8, 4) is 5.75 Å². The quantitative estimate of drug-likeness (QED) is 0.565. The molecule has 0 bridgehead atoms. The van der Waals surface area contributed by atoms with E-state index in [1.165, 1.54) is 0 Å². The van der Waals surface area contributed by atoms with Gasteiger partial charge in [0.15, 0.2) is 5.76 Å². The number of methoxy groups -OCH3 is 1. The Bertz CT molecular complexity index is 1110. The van der Waals surface area contributed by atoms with Gasteiger partial charge >= 0.3 is 0 Å². The number of nitrogens with zero attached hydrogens (tertiary/aromatic N) is 2. The van der Waals surface area contributed by atoms with Crippen LogP contribution in [-0.2, 0) is 0 Å². The van der Waals surface area contributed by atoms with E-state index in [0.717, 1.165) is 15.4 Å². The lowest BCUT2D eigenvalue weighted by Gasteiger charge is -2.22. The number of carbonyl (C=O) groups excluding carboxylic acids is 2. The predicted molar refractivity (Wildman–Crippen MR) is 118 cm³/mol. The number of carbonyl (C=O) groups is 2. The molecule has 3 aromatic rings. The van der Waals surface area contributed by atoms with Crippen molar-refractivity contribution in [2.45, 2.75) is 13.3 Å². The zero-order valence-electron chi connectivity index (χ0n) is 17.0. The average Bonchev–Trinajstić information content (AvgIpc) is 2.94. The molecule has 1 aromatic heterocycles. The molecule has 6 nitrogen and oxygen atoms in total. The van der Waals surface area contributed by atoms with Gasteiger partial charge in [-0.2, -0.15) is 0 Å². The number of hydrogen-bond acceptors (Lipinski definition) is 4. The van der Waals surface area contributed by atoms with Gasteiger partial charge in [-0.3, -0.25) is 9.59 Å². The molecule has 0 unspecified atom stereocenters. The van der Waals surface area contributed by atoms with Crippen LogP contribution in [0, 0.1) is 6.92 Å². The minimum Gasteiger partial charge on any atom is -0.496 e. The molecule has 0 atom stereocenters. The van der Waals surface area contributed by atoms with Crippen molar-refractivity contribution in [3.05, 3.63) is 63.8 Å². The number of fused-ring (bicyclic) bond motifs is 1. The highest BCUT2D eigenvalue weighted by Gasteiger charge is 2.28. The maximum atomic E-state index is 13.2. The van der Waals surface area contributed by atoms with Crippen LogP contribution in [-0.4, -0.2) is 54.9 Å². The zero-order valence-corrected chi connectivity index (χ0v) is 18.6. The molecule has 30 heavy (non-hydrogen) atoms. The fourth-order valence-corrected chi connectivity index (χ4v) is 4.22. The van der Waals surface area contributed by atoms with E-state index in [4.69, 9.17) is 9.15 Å². The Labute approximate surface area is 183 Å². The molecule has 4 rings (SSSR count). The predicted octanol–water partition coefficient (Wildman–Crippen LogP) is 4.50. The summed E-state index contributed by atoms with van der Waals surface area (Å²) >= 11 is 3.47. The summed E-state index contributed by atoms with van der Waals surface area (Å²) in [5.74, 6) is 0.717. The number of amides is 2. The van der Waals surface area contributed by atoms with Crippen molar-refractivity contribution in [1.82, 2.24) is 9.80 Å². The average molecular weight is 471 g/mol. The highest BCUT2D eigenvalue weighted by molar-refractivity contribution is 9.10. The van der Waals surface area contributed by atoms with Crippen LogP contribution in [0.3, 0.4) is 0 Å². The van der Waals surface area contributed by atoms with Gasteiger partial charge in [0.2, 0.25) is 0 Å². The second-order valence-electron chi connectivity index (χ2n) is 7.33. The highest BCUT2D eigenvalue weighted by Crippen LogP contribution is 2.29. The molecule has 1 fully saturated rings. The standard InChI is InChI=1S/C23H23BrN2O4/c1-15-18-14-16(24)8-9-20(18)30-21(15)23(28)26-11-5-10-25(12-13-26)22(27)17-6-3-4-7-19(17)29-2/h3-4,6-9,14H,5,10-13H2,1-2H3. The zero-order chi connectivity index (χ0) is 21.3. The van der Waals surface area contributed by atoms with Crippen LogP contribution in [0.1, 0.15) is 32.9 Å². The van der Waals surface area contributed by atoms with Crippen LogP contribution in [0.4, 0.5) is 0 Å². The largest absolute Gasteiger partial charge is 0.496 e. The smallest absolute Gasteiger partial charge is 0.289 e. The lowest BCUT2D eigenvalue weighted by molar-refractivity contribution is 0.0699. The molecule has 156 valence electrons. The van der Waals surface area contributed by atoms with Gasteiger partial charge in [0.25, 0.3) is 11.8 Å². The van der Waals surface area contributed by atoms with Crippen LogP contribution in [0.15, 0.2) is 51.4 Å². The molecular weight excluding hydrogens is 448 g/mol. The fraction of sp³-hybridized carbons (Fsp3) is 0.304. The van der Waals surface area contributed by atoms with E-state index < -0.39 is 0 Å². The Balaban J connectivity index is 1.51. The Morgan fingerprint density at radius 1 is 1.00 bits per heavy atom. The second kappa shape index (κ2) is 8.52. The molecule has 2 heterocycles. The maximum Gasteiger partial charge on any atom is 0.289 e. The van der Waals surface area contributed by atoms with Crippen LogP contribution in [0.2, 0.25) is 0 Å². The van der Waals surface area contributed by atoms with E-state index in [0.29, 0.717) is 55.3 Å². The molecule has 1 saturated heterocycles. The topological polar surface area (TPSA) is 63.0 Å². The number of furan rings is 1. The second-order valence-corrected chi connectivity index (χ2v) is 8.25. The number of benzene rings is 2. The van der Waals surface area contributed by atoms with Crippen molar-refractivity contribution in [2.24, 2.45) is 0 Å². The molecule has 2 aromatic carbocycles. The van der Waals surface area contributed by atoms with E-state index in [-0.39, 0.29) is 11.8 Å². The first-order chi connectivity index (χ1) is 14.5. The number of ether oxygens (including phenoxy) is 1. The summed E-state index contributed by atoms with van der Waals surface area (Å²) in [5, 5.41) is 0.926. The maximum absolute atomic E-state index is 13.2. The number of hydrogen-bond donors (Lipinski definition) is 0. The van der Waals surface area contributed by atoms with E-state index >= 15 is 0 Å². The SMILES string of the molecule is COc1ccccc1C(=O)N1CCCN(C(=O)c2oc3ccc(Br)cc3c2C)CC1. The molecule has 0 spiro atoms. The van der Waals surface area contributed by atoms with E-state index in [2.05, 4.69) is 15.9 Å². The van der Waals surface area contributed by atoms with Gasteiger partial charge in [-0.05, 0) is 43.7 Å². The summed E-state index contributed by atoms with van der Waals surface area (Å²) in [6, 6.07) is 12.9. The third-order valence-electron chi connectivity index (χ3n) is 5.50. The van der Waals surface area contributed by atoms with Crippen molar-refractivity contribution < 1.29 is 18.7 Å². The molecular formula is C23H23BrN2O4. The first-order valence-corrected chi connectivity index (χ1v) is 10.7. The highest BCUT2D eigenvalue weighted by atomic mass is 79.9. The summed E-state index contributed by atoms with van der Waals surface area (Å²) < 4.78 is 12.1. The third-order valence-corrected chi connectivity index (χ3v) is 5.99. The van der Waals surface area contributed by atoms with Gasteiger partial charge in [-0.1, -0.05) is 28.1 Å². The molecule has 7 heteroatoms. The van der Waals surface area contributed by atoms with E-state index in [1.54, 1.807) is 29.0 Å². The third kappa shape index (κ3) is 3.81. The summed E-state index contributed by atoms with van der Waals surface area (Å²) in [7, 11) is 1.56. The lowest BCUT2D eigenvalue weighted by Crippen LogP contribution is -2.37. The van der Waals surface area contributed by atoms with E-state index in [9.17, 15) is 9.59 Å². The van der Waals surface area contributed by atoms with Crippen LogP contribution in [0.25, 0.3) is 11.0 Å². The summed E-state index contributed by atoms with van der Waals surface area (Å²) in [6.07, 6.45) is 0.706.